The molecule has 0 atom stereocenters. The maximum atomic E-state index is 14.2. The molecule has 0 unspecified atom stereocenters. The molecule has 1 amide bonds. The lowest BCUT2D eigenvalue weighted by molar-refractivity contribution is 0.00578. The second kappa shape index (κ2) is 8.66. The van der Waals surface area contributed by atoms with Crippen molar-refractivity contribution >= 4 is 30.9 Å². The SMILES string of the molecule is CC(C)(C)OC(=O)NCC(=Cc1ccc(CCl)c(F)c1)B1OC(C)(C)C(C)(C)O1. The molecule has 0 aromatic heterocycles. The van der Waals surface area contributed by atoms with Crippen molar-refractivity contribution in [2.45, 2.75) is 71.1 Å². The van der Waals surface area contributed by atoms with E-state index in [4.69, 9.17) is 25.6 Å². The first-order valence-electron chi connectivity index (χ1n) is 9.61. The molecule has 1 aliphatic heterocycles. The zero-order chi connectivity index (χ0) is 22.0. The molecule has 1 fully saturated rings. The van der Waals surface area contributed by atoms with Gasteiger partial charge in [0.15, 0.2) is 0 Å². The number of benzene rings is 1. The van der Waals surface area contributed by atoms with Crippen LogP contribution in [-0.2, 0) is 19.9 Å². The average molecular weight is 426 g/mol. The van der Waals surface area contributed by atoms with Crippen LogP contribution < -0.4 is 5.32 Å². The average Bonchev–Trinajstić information content (AvgIpc) is 2.77. The van der Waals surface area contributed by atoms with Gasteiger partial charge in [-0.1, -0.05) is 18.2 Å². The van der Waals surface area contributed by atoms with E-state index in [9.17, 15) is 9.18 Å². The maximum absolute atomic E-state index is 14.2. The zero-order valence-electron chi connectivity index (χ0n) is 18.2. The lowest BCUT2D eigenvalue weighted by atomic mass is 9.77. The molecule has 29 heavy (non-hydrogen) atoms. The molecule has 5 nitrogen and oxygen atoms in total. The highest BCUT2D eigenvalue weighted by Gasteiger charge is 2.52. The Labute approximate surface area is 178 Å². The van der Waals surface area contributed by atoms with Gasteiger partial charge in [0.1, 0.15) is 11.4 Å². The molecule has 1 aromatic carbocycles. The normalized spacial score (nSPS) is 18.7. The standard InChI is InChI=1S/C21H30BClFNO4/c1-19(2,3)27-18(26)25-13-16(22-28-20(4,5)21(6,7)29-22)10-14-8-9-15(12-23)17(24)11-14/h8-11H,12-13H2,1-7H3,(H,25,26). The van der Waals surface area contributed by atoms with E-state index in [1.165, 1.54) is 6.07 Å². The van der Waals surface area contributed by atoms with Gasteiger partial charge < -0.3 is 19.4 Å². The highest BCUT2D eigenvalue weighted by atomic mass is 35.5. The van der Waals surface area contributed by atoms with Gasteiger partial charge in [-0.25, -0.2) is 9.18 Å². The van der Waals surface area contributed by atoms with E-state index in [-0.39, 0.29) is 18.2 Å². The minimum Gasteiger partial charge on any atom is -0.444 e. The van der Waals surface area contributed by atoms with Gasteiger partial charge >= 0.3 is 13.2 Å². The highest BCUT2D eigenvalue weighted by Crippen LogP contribution is 2.38. The molecule has 1 aliphatic rings. The summed E-state index contributed by atoms with van der Waals surface area (Å²) in [7, 11) is -0.689. The molecule has 0 bridgehead atoms. The van der Waals surface area contributed by atoms with Crippen LogP contribution in [0.3, 0.4) is 0 Å². The van der Waals surface area contributed by atoms with Crippen LogP contribution in [0.15, 0.2) is 23.7 Å². The summed E-state index contributed by atoms with van der Waals surface area (Å²) in [5, 5.41) is 2.72. The Morgan fingerprint density at radius 3 is 2.31 bits per heavy atom. The summed E-state index contributed by atoms with van der Waals surface area (Å²) in [6.45, 7) is 13.3. The number of hydrogen-bond donors (Lipinski definition) is 1. The summed E-state index contributed by atoms with van der Waals surface area (Å²) in [5.74, 6) is -0.290. The number of carbonyl (C=O) groups is 1. The van der Waals surface area contributed by atoms with Gasteiger partial charge in [-0.15, -0.1) is 11.6 Å². The minimum atomic E-state index is -0.689. The molecule has 0 saturated carbocycles. The number of amides is 1. The molecule has 0 spiro atoms. The molecule has 1 saturated heterocycles. The van der Waals surface area contributed by atoms with E-state index in [0.717, 1.165) is 0 Å². The Morgan fingerprint density at radius 1 is 1.24 bits per heavy atom. The second-order valence-corrected chi connectivity index (χ2v) is 9.41. The van der Waals surface area contributed by atoms with Crippen LogP contribution in [-0.4, -0.2) is 36.6 Å². The summed E-state index contributed by atoms with van der Waals surface area (Å²) < 4.78 is 31.7. The summed E-state index contributed by atoms with van der Waals surface area (Å²) in [5.41, 5.74) is -0.0153. The van der Waals surface area contributed by atoms with Crippen LogP contribution in [0.5, 0.6) is 0 Å². The van der Waals surface area contributed by atoms with E-state index >= 15 is 0 Å². The third kappa shape index (κ3) is 6.20. The molecule has 1 aromatic rings. The van der Waals surface area contributed by atoms with Gasteiger partial charge in [0.25, 0.3) is 0 Å². The Bertz CT molecular complexity index is 773. The quantitative estimate of drug-likeness (QED) is 0.526. The first kappa shape index (κ1) is 23.7. The van der Waals surface area contributed by atoms with Gasteiger partial charge in [-0.3, -0.25) is 0 Å². The molecular formula is C21H30BClFNO4. The van der Waals surface area contributed by atoms with E-state index in [2.05, 4.69) is 5.32 Å². The Kier molecular flexibility index (Phi) is 7.08. The van der Waals surface area contributed by atoms with Crippen molar-refractivity contribution in [3.05, 3.63) is 40.6 Å². The number of ether oxygens (including phenoxy) is 1. The van der Waals surface area contributed by atoms with Crippen molar-refractivity contribution in [2.24, 2.45) is 0 Å². The minimum absolute atomic E-state index is 0.0973. The van der Waals surface area contributed by atoms with Crippen molar-refractivity contribution in [3.8, 4) is 0 Å². The Hall–Kier alpha value is -1.57. The fourth-order valence-corrected chi connectivity index (χ4v) is 2.88. The summed E-state index contributed by atoms with van der Waals surface area (Å²) in [6.07, 6.45) is 1.20. The van der Waals surface area contributed by atoms with Crippen molar-refractivity contribution in [3.63, 3.8) is 0 Å². The Morgan fingerprint density at radius 2 is 1.83 bits per heavy atom. The third-order valence-electron chi connectivity index (χ3n) is 4.96. The Balaban J connectivity index is 2.28. The van der Waals surface area contributed by atoms with Crippen molar-refractivity contribution in [2.75, 3.05) is 6.54 Å². The van der Waals surface area contributed by atoms with Crippen LogP contribution in [0.1, 0.15) is 59.6 Å². The topological polar surface area (TPSA) is 56.8 Å². The van der Waals surface area contributed by atoms with E-state index in [0.29, 0.717) is 16.6 Å². The predicted molar refractivity (Wildman–Crippen MR) is 114 cm³/mol. The smallest absolute Gasteiger partial charge is 0.444 e. The highest BCUT2D eigenvalue weighted by molar-refractivity contribution is 6.56. The van der Waals surface area contributed by atoms with Gasteiger partial charge in [-0.05, 0) is 65.6 Å². The van der Waals surface area contributed by atoms with Gasteiger partial charge in [0, 0.05) is 12.1 Å². The van der Waals surface area contributed by atoms with Crippen LogP contribution >= 0.6 is 11.6 Å². The largest absolute Gasteiger partial charge is 0.492 e. The van der Waals surface area contributed by atoms with Crippen LogP contribution in [0.2, 0.25) is 0 Å². The summed E-state index contributed by atoms with van der Waals surface area (Å²) >= 11 is 5.74. The zero-order valence-corrected chi connectivity index (χ0v) is 18.9. The van der Waals surface area contributed by atoms with Crippen molar-refractivity contribution in [1.82, 2.24) is 5.32 Å². The molecular weight excluding hydrogens is 395 g/mol. The molecule has 1 N–H and O–H groups in total. The summed E-state index contributed by atoms with van der Waals surface area (Å²) in [6, 6.07) is 4.80. The number of rotatable bonds is 5. The first-order valence-corrected chi connectivity index (χ1v) is 10.1. The van der Waals surface area contributed by atoms with Crippen LogP contribution in [0, 0.1) is 5.82 Å². The van der Waals surface area contributed by atoms with Crippen LogP contribution in [0.25, 0.3) is 6.08 Å². The number of carbonyl (C=O) groups excluding carboxylic acids is 1. The monoisotopic (exact) mass is 425 g/mol. The van der Waals surface area contributed by atoms with Crippen molar-refractivity contribution < 1.29 is 23.2 Å². The van der Waals surface area contributed by atoms with Crippen LogP contribution in [0.4, 0.5) is 9.18 Å². The van der Waals surface area contributed by atoms with Crippen molar-refractivity contribution in [1.29, 1.82) is 0 Å². The van der Waals surface area contributed by atoms with Gasteiger partial charge in [0.2, 0.25) is 0 Å². The fraction of sp³-hybridized carbons (Fsp3) is 0.571. The van der Waals surface area contributed by atoms with E-state index < -0.39 is 30.0 Å². The maximum Gasteiger partial charge on any atom is 0.492 e. The molecule has 1 heterocycles. The molecule has 0 radical (unpaired) electrons. The number of hydrogen-bond acceptors (Lipinski definition) is 4. The predicted octanol–water partition coefficient (Wildman–Crippen LogP) is 5.10. The first-order chi connectivity index (χ1) is 13.2. The lowest BCUT2D eigenvalue weighted by Gasteiger charge is -2.32. The molecule has 160 valence electrons. The van der Waals surface area contributed by atoms with E-state index in [1.54, 1.807) is 39.0 Å². The lowest BCUT2D eigenvalue weighted by Crippen LogP contribution is -2.41. The number of alkyl halides is 1. The number of nitrogens with one attached hydrogen (secondary N) is 1. The van der Waals surface area contributed by atoms with E-state index in [1.807, 2.05) is 27.7 Å². The number of alkyl carbamates (subject to hydrolysis) is 1. The van der Waals surface area contributed by atoms with Gasteiger partial charge in [0.05, 0.1) is 17.1 Å². The molecule has 2 rings (SSSR count). The second-order valence-electron chi connectivity index (χ2n) is 9.15. The molecule has 0 aliphatic carbocycles. The summed E-state index contributed by atoms with van der Waals surface area (Å²) in [4.78, 5) is 12.1. The fourth-order valence-electron chi connectivity index (χ4n) is 2.66. The molecule has 8 heteroatoms. The number of halogens is 2. The third-order valence-corrected chi connectivity index (χ3v) is 5.25. The van der Waals surface area contributed by atoms with Gasteiger partial charge in [-0.2, -0.15) is 0 Å².